The van der Waals surface area contributed by atoms with Gasteiger partial charge in [0.25, 0.3) is 0 Å². The van der Waals surface area contributed by atoms with Gasteiger partial charge >= 0.3 is 0 Å². The van der Waals surface area contributed by atoms with E-state index in [0.717, 1.165) is 0 Å². The summed E-state index contributed by atoms with van der Waals surface area (Å²) in [7, 11) is 1.24. The number of hydrogen-bond acceptors (Lipinski definition) is 1. The highest BCUT2D eigenvalue weighted by molar-refractivity contribution is 6.76. The van der Waals surface area contributed by atoms with Crippen molar-refractivity contribution >= 4 is 8.07 Å². The molecule has 0 radical (unpaired) electrons. The van der Waals surface area contributed by atoms with E-state index in [1.807, 2.05) is 0 Å². The highest BCUT2D eigenvalue weighted by Gasteiger charge is 2.19. The van der Waals surface area contributed by atoms with Crippen molar-refractivity contribution in [3.8, 4) is 0 Å². The summed E-state index contributed by atoms with van der Waals surface area (Å²) in [5.74, 6) is 0. The monoisotopic (exact) mass is 221 g/mol. The molecule has 1 nitrogen and oxygen atoms in total. The van der Waals surface area contributed by atoms with E-state index in [1.165, 1.54) is 11.7 Å². The minimum atomic E-state index is -0.990. The standard InChI is InChI=1S/C13H23NSi/c1-12(13-9-7-6-8-10-13)14(2)11-15(3,4)5/h6-10,12H,11H2,1-5H3. The third-order valence-electron chi connectivity index (χ3n) is 2.67. The Morgan fingerprint density at radius 2 is 1.67 bits per heavy atom. The van der Waals surface area contributed by atoms with E-state index >= 15 is 0 Å². The number of nitrogens with zero attached hydrogens (tertiary/aromatic N) is 1. The lowest BCUT2D eigenvalue weighted by molar-refractivity contribution is 0.299. The van der Waals surface area contributed by atoms with Crippen LogP contribution in [0.2, 0.25) is 19.6 Å². The van der Waals surface area contributed by atoms with Gasteiger partial charge in [-0.15, -0.1) is 0 Å². The van der Waals surface area contributed by atoms with Crippen LogP contribution in [0.1, 0.15) is 18.5 Å². The molecule has 1 rings (SSSR count). The van der Waals surface area contributed by atoms with Crippen molar-refractivity contribution in [3.63, 3.8) is 0 Å². The molecule has 1 aromatic carbocycles. The van der Waals surface area contributed by atoms with Crippen LogP contribution in [0, 0.1) is 0 Å². The third-order valence-corrected chi connectivity index (χ3v) is 4.11. The second kappa shape index (κ2) is 4.95. The molecular weight excluding hydrogens is 198 g/mol. The molecule has 1 atom stereocenters. The van der Waals surface area contributed by atoms with E-state index in [-0.39, 0.29) is 0 Å². The molecule has 0 aromatic heterocycles. The Morgan fingerprint density at radius 3 is 2.13 bits per heavy atom. The molecule has 0 fully saturated rings. The molecule has 0 aliphatic carbocycles. The lowest BCUT2D eigenvalue weighted by Gasteiger charge is -2.30. The zero-order valence-corrected chi connectivity index (χ0v) is 11.6. The quantitative estimate of drug-likeness (QED) is 0.703. The van der Waals surface area contributed by atoms with Gasteiger partial charge in [0.1, 0.15) is 0 Å². The van der Waals surface area contributed by atoms with Crippen LogP contribution in [-0.4, -0.2) is 26.2 Å². The van der Waals surface area contributed by atoms with E-state index in [9.17, 15) is 0 Å². The zero-order valence-electron chi connectivity index (χ0n) is 10.6. The second-order valence-electron chi connectivity index (χ2n) is 5.56. The Balaban J connectivity index is 2.65. The summed E-state index contributed by atoms with van der Waals surface area (Å²) in [5, 5.41) is 0. The normalized spacial score (nSPS) is 14.3. The van der Waals surface area contributed by atoms with Crippen molar-refractivity contribution in [3.05, 3.63) is 35.9 Å². The third kappa shape index (κ3) is 4.18. The predicted octanol–water partition coefficient (Wildman–Crippen LogP) is 3.56. The summed E-state index contributed by atoms with van der Waals surface area (Å²) in [4.78, 5) is 2.47. The Kier molecular flexibility index (Phi) is 4.11. The fourth-order valence-corrected chi connectivity index (χ4v) is 3.64. The maximum atomic E-state index is 2.47. The van der Waals surface area contributed by atoms with Crippen LogP contribution < -0.4 is 0 Å². The summed E-state index contributed by atoms with van der Waals surface area (Å²) in [6.45, 7) is 9.54. The van der Waals surface area contributed by atoms with Crippen LogP contribution in [0.25, 0.3) is 0 Å². The van der Waals surface area contributed by atoms with Gasteiger partial charge in [0, 0.05) is 6.04 Å². The van der Waals surface area contributed by atoms with Crippen LogP contribution in [-0.2, 0) is 0 Å². The van der Waals surface area contributed by atoms with Crippen molar-refractivity contribution in [2.75, 3.05) is 13.2 Å². The number of hydrogen-bond donors (Lipinski definition) is 0. The van der Waals surface area contributed by atoms with E-state index in [0.29, 0.717) is 6.04 Å². The molecule has 0 aliphatic rings. The Hall–Kier alpha value is -0.603. The average Bonchev–Trinajstić information content (AvgIpc) is 2.15. The summed E-state index contributed by atoms with van der Waals surface area (Å²) >= 11 is 0. The summed E-state index contributed by atoms with van der Waals surface area (Å²) < 4.78 is 0. The van der Waals surface area contributed by atoms with E-state index in [4.69, 9.17) is 0 Å². The van der Waals surface area contributed by atoms with Crippen LogP contribution in [0.3, 0.4) is 0 Å². The average molecular weight is 221 g/mol. The molecule has 0 N–H and O–H groups in total. The number of rotatable bonds is 4. The van der Waals surface area contributed by atoms with E-state index < -0.39 is 8.07 Å². The minimum Gasteiger partial charge on any atom is -0.302 e. The molecule has 15 heavy (non-hydrogen) atoms. The van der Waals surface area contributed by atoms with Crippen LogP contribution in [0.4, 0.5) is 0 Å². The Morgan fingerprint density at radius 1 is 1.13 bits per heavy atom. The highest BCUT2D eigenvalue weighted by atomic mass is 28.3. The molecule has 1 aromatic rings. The Labute approximate surface area is 95.1 Å². The van der Waals surface area contributed by atoms with Gasteiger partial charge in [0.2, 0.25) is 0 Å². The van der Waals surface area contributed by atoms with Gasteiger partial charge in [-0.05, 0) is 25.7 Å². The lowest BCUT2D eigenvalue weighted by atomic mass is 10.1. The minimum absolute atomic E-state index is 0.526. The van der Waals surface area contributed by atoms with Gasteiger partial charge in [-0.25, -0.2) is 0 Å². The smallest absolute Gasteiger partial charge is 0.0599 e. The first-order chi connectivity index (χ1) is 6.90. The lowest BCUT2D eigenvalue weighted by Crippen LogP contribution is -2.39. The van der Waals surface area contributed by atoms with Gasteiger partial charge in [-0.3, -0.25) is 0 Å². The van der Waals surface area contributed by atoms with Crippen molar-refractivity contribution in [1.82, 2.24) is 4.90 Å². The van der Waals surface area contributed by atoms with Crippen molar-refractivity contribution in [2.24, 2.45) is 0 Å². The van der Waals surface area contributed by atoms with Crippen molar-refractivity contribution in [2.45, 2.75) is 32.6 Å². The summed E-state index contributed by atoms with van der Waals surface area (Å²) in [6.07, 6.45) is 1.25. The van der Waals surface area contributed by atoms with E-state index in [2.05, 4.69) is 68.8 Å². The van der Waals surface area contributed by atoms with Crippen molar-refractivity contribution < 1.29 is 0 Å². The molecule has 0 aliphatic heterocycles. The second-order valence-corrected chi connectivity index (χ2v) is 11.0. The topological polar surface area (TPSA) is 3.24 Å². The summed E-state index contributed by atoms with van der Waals surface area (Å²) in [5.41, 5.74) is 1.42. The van der Waals surface area contributed by atoms with Crippen LogP contribution >= 0.6 is 0 Å². The fraction of sp³-hybridized carbons (Fsp3) is 0.538. The molecule has 0 saturated carbocycles. The van der Waals surface area contributed by atoms with E-state index in [1.54, 1.807) is 0 Å². The molecule has 0 amide bonds. The largest absolute Gasteiger partial charge is 0.302 e. The SMILES string of the molecule is CC(c1ccccc1)N(C)C[Si](C)(C)C. The molecule has 1 unspecified atom stereocenters. The Bertz CT molecular complexity index is 289. The maximum Gasteiger partial charge on any atom is 0.0599 e. The molecule has 0 saturated heterocycles. The fourth-order valence-electron chi connectivity index (χ4n) is 1.87. The predicted molar refractivity (Wildman–Crippen MR) is 70.8 cm³/mol. The first-order valence-electron chi connectivity index (χ1n) is 5.65. The van der Waals surface area contributed by atoms with Gasteiger partial charge in [-0.2, -0.15) is 0 Å². The van der Waals surface area contributed by atoms with Crippen LogP contribution in [0.5, 0.6) is 0 Å². The van der Waals surface area contributed by atoms with Gasteiger partial charge in [0.15, 0.2) is 0 Å². The first-order valence-corrected chi connectivity index (χ1v) is 9.36. The molecule has 2 heteroatoms. The van der Waals surface area contributed by atoms with Crippen LogP contribution in [0.15, 0.2) is 30.3 Å². The summed E-state index contributed by atoms with van der Waals surface area (Å²) in [6, 6.07) is 11.3. The highest BCUT2D eigenvalue weighted by Crippen LogP contribution is 2.19. The number of benzene rings is 1. The van der Waals surface area contributed by atoms with Gasteiger partial charge < -0.3 is 4.90 Å². The van der Waals surface area contributed by atoms with Crippen molar-refractivity contribution in [1.29, 1.82) is 0 Å². The maximum absolute atomic E-state index is 2.47. The molecule has 84 valence electrons. The molecule has 0 bridgehead atoms. The molecule has 0 spiro atoms. The van der Waals surface area contributed by atoms with Gasteiger partial charge in [-0.1, -0.05) is 50.0 Å². The first kappa shape index (κ1) is 12.5. The van der Waals surface area contributed by atoms with Gasteiger partial charge in [0.05, 0.1) is 8.07 Å². The molecular formula is C13H23NSi. The zero-order chi connectivity index (χ0) is 11.5. The molecule has 0 heterocycles.